The summed E-state index contributed by atoms with van der Waals surface area (Å²) < 4.78 is 0. The molecule has 0 radical (unpaired) electrons. The Morgan fingerprint density at radius 1 is 1.24 bits per heavy atom. The van der Waals surface area contributed by atoms with Gasteiger partial charge in [-0.1, -0.05) is 32.0 Å². The van der Waals surface area contributed by atoms with Gasteiger partial charge in [0.1, 0.15) is 0 Å². The molecule has 21 heavy (non-hydrogen) atoms. The SMILES string of the molecule is CC(C)C(=O)NC1CCCN(C(=O)Nc2ccccc2)C1. The van der Waals surface area contributed by atoms with Crippen LogP contribution in [0.5, 0.6) is 0 Å². The number of hydrogen-bond donors (Lipinski definition) is 2. The van der Waals surface area contributed by atoms with Crippen LogP contribution >= 0.6 is 0 Å². The Bertz CT molecular complexity index is 488. The molecule has 2 rings (SSSR count). The predicted octanol–water partition coefficient (Wildman–Crippen LogP) is 2.46. The van der Waals surface area contributed by atoms with Crippen molar-refractivity contribution in [1.82, 2.24) is 10.2 Å². The summed E-state index contributed by atoms with van der Waals surface area (Å²) in [7, 11) is 0. The van der Waals surface area contributed by atoms with Crippen molar-refractivity contribution in [3.63, 3.8) is 0 Å². The molecule has 0 bridgehead atoms. The van der Waals surface area contributed by atoms with Crippen molar-refractivity contribution in [2.75, 3.05) is 18.4 Å². The Morgan fingerprint density at radius 3 is 2.62 bits per heavy atom. The number of nitrogens with zero attached hydrogens (tertiary/aromatic N) is 1. The summed E-state index contributed by atoms with van der Waals surface area (Å²) in [5.41, 5.74) is 0.788. The first-order valence-electron chi connectivity index (χ1n) is 7.47. The first kappa shape index (κ1) is 15.4. The van der Waals surface area contributed by atoms with E-state index in [0.29, 0.717) is 6.54 Å². The predicted molar refractivity (Wildman–Crippen MR) is 83.0 cm³/mol. The minimum atomic E-state index is -0.107. The van der Waals surface area contributed by atoms with E-state index in [1.807, 2.05) is 44.2 Å². The lowest BCUT2D eigenvalue weighted by Gasteiger charge is -2.33. The van der Waals surface area contributed by atoms with Gasteiger partial charge in [-0.3, -0.25) is 4.79 Å². The summed E-state index contributed by atoms with van der Waals surface area (Å²) >= 11 is 0. The number of carbonyl (C=O) groups excluding carboxylic acids is 2. The van der Waals surface area contributed by atoms with Gasteiger partial charge in [-0.25, -0.2) is 4.79 Å². The average Bonchev–Trinajstić information content (AvgIpc) is 2.48. The van der Waals surface area contributed by atoms with E-state index in [0.717, 1.165) is 25.1 Å². The molecule has 1 aromatic carbocycles. The molecule has 2 N–H and O–H groups in total. The third-order valence-electron chi connectivity index (χ3n) is 3.60. The smallest absolute Gasteiger partial charge is 0.321 e. The van der Waals surface area contributed by atoms with Crippen molar-refractivity contribution in [1.29, 1.82) is 0 Å². The molecule has 0 aromatic heterocycles. The highest BCUT2D eigenvalue weighted by molar-refractivity contribution is 5.89. The summed E-state index contributed by atoms with van der Waals surface area (Å²) in [5.74, 6) is 0.0174. The Kier molecular flexibility index (Phi) is 5.20. The number of amides is 3. The quantitative estimate of drug-likeness (QED) is 0.898. The van der Waals surface area contributed by atoms with Crippen molar-refractivity contribution < 1.29 is 9.59 Å². The van der Waals surface area contributed by atoms with Crippen LogP contribution in [0.2, 0.25) is 0 Å². The maximum Gasteiger partial charge on any atom is 0.321 e. The molecular weight excluding hydrogens is 266 g/mol. The summed E-state index contributed by atoms with van der Waals surface area (Å²) in [6.45, 7) is 5.04. The van der Waals surface area contributed by atoms with Gasteiger partial charge in [0.25, 0.3) is 0 Å². The minimum absolute atomic E-state index is 0.0291. The van der Waals surface area contributed by atoms with Crippen molar-refractivity contribution in [3.05, 3.63) is 30.3 Å². The molecule has 0 spiro atoms. The van der Waals surface area contributed by atoms with Crippen LogP contribution in [0.3, 0.4) is 0 Å². The molecule has 1 aromatic rings. The molecule has 1 saturated heterocycles. The Labute approximate surface area is 125 Å². The first-order valence-corrected chi connectivity index (χ1v) is 7.47. The van der Waals surface area contributed by atoms with Gasteiger partial charge in [-0.05, 0) is 25.0 Å². The molecule has 1 atom stereocenters. The van der Waals surface area contributed by atoms with Gasteiger partial charge in [-0.2, -0.15) is 0 Å². The van der Waals surface area contributed by atoms with Gasteiger partial charge in [0.15, 0.2) is 0 Å². The summed E-state index contributed by atoms with van der Waals surface area (Å²) in [4.78, 5) is 25.7. The number of piperidine rings is 1. The van der Waals surface area contributed by atoms with E-state index in [2.05, 4.69) is 10.6 Å². The van der Waals surface area contributed by atoms with Gasteiger partial charge in [-0.15, -0.1) is 0 Å². The Morgan fingerprint density at radius 2 is 1.95 bits per heavy atom. The number of nitrogens with one attached hydrogen (secondary N) is 2. The number of likely N-dealkylation sites (tertiary alicyclic amines) is 1. The van der Waals surface area contributed by atoms with Gasteiger partial charge in [0.05, 0.1) is 0 Å². The first-order chi connectivity index (χ1) is 10.1. The Hall–Kier alpha value is -2.04. The number of anilines is 1. The molecule has 3 amide bonds. The van der Waals surface area contributed by atoms with Crippen molar-refractivity contribution in [2.24, 2.45) is 5.92 Å². The van der Waals surface area contributed by atoms with Crippen molar-refractivity contribution in [3.8, 4) is 0 Å². The van der Waals surface area contributed by atoms with E-state index < -0.39 is 0 Å². The molecule has 1 fully saturated rings. The van der Waals surface area contributed by atoms with Gasteiger partial charge < -0.3 is 15.5 Å². The third-order valence-corrected chi connectivity index (χ3v) is 3.60. The lowest BCUT2D eigenvalue weighted by atomic mass is 10.0. The second-order valence-electron chi connectivity index (χ2n) is 5.74. The molecule has 5 heteroatoms. The topological polar surface area (TPSA) is 61.4 Å². The van der Waals surface area contributed by atoms with Crippen LogP contribution in [0, 0.1) is 5.92 Å². The van der Waals surface area contributed by atoms with Crippen LogP contribution in [-0.4, -0.2) is 36.0 Å². The fourth-order valence-corrected chi connectivity index (χ4v) is 2.37. The molecule has 1 aliphatic rings. The lowest BCUT2D eigenvalue weighted by Crippen LogP contribution is -2.51. The van der Waals surface area contributed by atoms with Crippen LogP contribution in [0.25, 0.3) is 0 Å². The summed E-state index contributed by atoms with van der Waals surface area (Å²) in [6.07, 6.45) is 1.83. The standard InChI is InChI=1S/C16H23N3O2/c1-12(2)15(20)17-14-9-6-10-19(11-14)16(21)18-13-7-4-3-5-8-13/h3-5,7-8,12,14H,6,9-11H2,1-2H3,(H,17,20)(H,18,21). The number of rotatable bonds is 3. The molecule has 5 nitrogen and oxygen atoms in total. The second-order valence-corrected chi connectivity index (χ2v) is 5.74. The molecule has 1 heterocycles. The van der Waals surface area contributed by atoms with Crippen LogP contribution < -0.4 is 10.6 Å². The number of urea groups is 1. The van der Waals surface area contributed by atoms with Crippen LogP contribution in [-0.2, 0) is 4.79 Å². The van der Waals surface area contributed by atoms with Crippen LogP contribution in [0.4, 0.5) is 10.5 Å². The van der Waals surface area contributed by atoms with Crippen LogP contribution in [0.15, 0.2) is 30.3 Å². The lowest BCUT2D eigenvalue weighted by molar-refractivity contribution is -0.125. The molecule has 0 saturated carbocycles. The maximum atomic E-state index is 12.2. The number of carbonyl (C=O) groups is 2. The molecule has 1 aliphatic heterocycles. The fraction of sp³-hybridized carbons (Fsp3) is 0.500. The summed E-state index contributed by atoms with van der Waals surface area (Å²) in [5, 5.41) is 5.89. The van der Waals surface area contributed by atoms with Crippen molar-refractivity contribution in [2.45, 2.75) is 32.7 Å². The van der Waals surface area contributed by atoms with Gasteiger partial charge in [0, 0.05) is 30.7 Å². The van der Waals surface area contributed by atoms with Crippen molar-refractivity contribution >= 4 is 17.6 Å². The average molecular weight is 289 g/mol. The van der Waals surface area contributed by atoms with E-state index in [9.17, 15) is 9.59 Å². The zero-order chi connectivity index (χ0) is 15.2. The number of benzene rings is 1. The minimum Gasteiger partial charge on any atom is -0.351 e. The molecule has 0 aliphatic carbocycles. The highest BCUT2D eigenvalue weighted by atomic mass is 16.2. The zero-order valence-corrected chi connectivity index (χ0v) is 12.6. The second kappa shape index (κ2) is 7.11. The van der Waals surface area contributed by atoms with Gasteiger partial charge >= 0.3 is 6.03 Å². The van der Waals surface area contributed by atoms with E-state index >= 15 is 0 Å². The van der Waals surface area contributed by atoms with E-state index in [4.69, 9.17) is 0 Å². The van der Waals surface area contributed by atoms with E-state index in [-0.39, 0.29) is 23.9 Å². The monoisotopic (exact) mass is 289 g/mol. The van der Waals surface area contributed by atoms with E-state index in [1.54, 1.807) is 4.90 Å². The fourth-order valence-electron chi connectivity index (χ4n) is 2.37. The normalized spacial score (nSPS) is 18.4. The summed E-state index contributed by atoms with van der Waals surface area (Å²) in [6, 6.07) is 9.35. The highest BCUT2D eigenvalue weighted by Gasteiger charge is 2.25. The molecule has 114 valence electrons. The number of hydrogen-bond acceptors (Lipinski definition) is 2. The number of para-hydroxylation sites is 1. The van der Waals surface area contributed by atoms with Gasteiger partial charge in [0.2, 0.25) is 5.91 Å². The third kappa shape index (κ3) is 4.48. The molecule has 1 unspecified atom stereocenters. The largest absolute Gasteiger partial charge is 0.351 e. The maximum absolute atomic E-state index is 12.2. The Balaban J connectivity index is 1.88. The van der Waals surface area contributed by atoms with Crippen LogP contribution in [0.1, 0.15) is 26.7 Å². The zero-order valence-electron chi connectivity index (χ0n) is 12.6. The highest BCUT2D eigenvalue weighted by Crippen LogP contribution is 2.13. The molecular formula is C16H23N3O2. The van der Waals surface area contributed by atoms with E-state index in [1.165, 1.54) is 0 Å².